The van der Waals surface area contributed by atoms with Gasteiger partial charge < -0.3 is 0 Å². The van der Waals surface area contributed by atoms with Gasteiger partial charge in [0.15, 0.2) is 0 Å². The van der Waals surface area contributed by atoms with Gasteiger partial charge in [0.05, 0.1) is 11.4 Å². The fourth-order valence-electron chi connectivity index (χ4n) is 2.37. The van der Waals surface area contributed by atoms with Crippen molar-refractivity contribution >= 4 is 23.0 Å². The molecule has 3 heteroatoms. The van der Waals surface area contributed by atoms with Crippen molar-refractivity contribution in [3.05, 3.63) is 64.7 Å². The number of nitrogens with zero attached hydrogens (tertiary/aromatic N) is 1. The molecule has 0 spiro atoms. The maximum atomic E-state index is 5.86. The summed E-state index contributed by atoms with van der Waals surface area (Å²) in [5.41, 5.74) is 7.87. The molecule has 0 amide bonds. The zero-order valence-corrected chi connectivity index (χ0v) is 11.3. The maximum absolute atomic E-state index is 5.86. The maximum Gasteiger partial charge on any atom is 0.0682 e. The van der Waals surface area contributed by atoms with Gasteiger partial charge in [-0.05, 0) is 49.1 Å². The highest BCUT2D eigenvalue weighted by Crippen LogP contribution is 2.22. The molecule has 0 bridgehead atoms. The third-order valence-corrected chi connectivity index (χ3v) is 3.60. The molecule has 0 radical (unpaired) electrons. The first-order chi connectivity index (χ1) is 9.33. The summed E-state index contributed by atoms with van der Waals surface area (Å²) in [6.45, 7) is 0. The fraction of sp³-hybridized carbons (Fsp3) is 0.188. The summed E-state index contributed by atoms with van der Waals surface area (Å²) in [5, 5.41) is 5.29. The Morgan fingerprint density at radius 2 is 1.74 bits per heavy atom. The normalized spacial score (nSPS) is 16.2. The minimum Gasteiger partial charge on any atom is -0.278 e. The van der Waals surface area contributed by atoms with E-state index in [0.29, 0.717) is 0 Å². The van der Waals surface area contributed by atoms with Crippen LogP contribution in [0.5, 0.6) is 0 Å². The summed E-state index contributed by atoms with van der Waals surface area (Å²) in [7, 11) is 0. The number of anilines is 1. The van der Waals surface area contributed by atoms with E-state index in [1.807, 2.05) is 24.3 Å². The van der Waals surface area contributed by atoms with E-state index >= 15 is 0 Å². The van der Waals surface area contributed by atoms with Crippen molar-refractivity contribution in [2.45, 2.75) is 19.3 Å². The number of hydrazone groups is 1. The van der Waals surface area contributed by atoms with Crippen molar-refractivity contribution in [1.29, 1.82) is 0 Å². The summed E-state index contributed by atoms with van der Waals surface area (Å²) in [5.74, 6) is 0. The molecule has 0 saturated carbocycles. The van der Waals surface area contributed by atoms with Crippen LogP contribution in [0.2, 0.25) is 5.02 Å². The molecule has 19 heavy (non-hydrogen) atoms. The predicted molar refractivity (Wildman–Crippen MR) is 81.0 cm³/mol. The molecule has 0 unspecified atom stereocenters. The molecule has 0 fully saturated rings. The number of aryl methyl sites for hydroxylation is 1. The topological polar surface area (TPSA) is 24.4 Å². The monoisotopic (exact) mass is 270 g/mol. The molecule has 1 N–H and O–H groups in total. The molecule has 2 aromatic carbocycles. The molecule has 2 aromatic rings. The van der Waals surface area contributed by atoms with Crippen LogP contribution < -0.4 is 5.43 Å². The first-order valence-corrected chi connectivity index (χ1v) is 6.87. The van der Waals surface area contributed by atoms with E-state index in [9.17, 15) is 0 Å². The Kier molecular flexibility index (Phi) is 3.51. The van der Waals surface area contributed by atoms with Gasteiger partial charge in [0, 0.05) is 10.6 Å². The first-order valence-electron chi connectivity index (χ1n) is 6.49. The molecule has 1 aliphatic carbocycles. The molecule has 0 atom stereocenters. The van der Waals surface area contributed by atoms with Gasteiger partial charge in [0.25, 0.3) is 0 Å². The van der Waals surface area contributed by atoms with E-state index in [-0.39, 0.29) is 0 Å². The van der Waals surface area contributed by atoms with Gasteiger partial charge in [-0.25, -0.2) is 0 Å². The Labute approximate surface area is 118 Å². The minimum absolute atomic E-state index is 0.737. The molecule has 0 saturated heterocycles. The number of fused-ring (bicyclic) bond motifs is 1. The van der Waals surface area contributed by atoms with Crippen LogP contribution in [-0.2, 0) is 6.42 Å². The SMILES string of the molecule is Clc1ccc(N/N=C2/CCCc3ccccc32)cc1. The van der Waals surface area contributed by atoms with Gasteiger partial charge >= 0.3 is 0 Å². The molecule has 96 valence electrons. The van der Waals surface area contributed by atoms with E-state index in [0.717, 1.165) is 35.7 Å². The lowest BCUT2D eigenvalue weighted by atomic mass is 9.90. The van der Waals surface area contributed by atoms with Gasteiger partial charge in [-0.2, -0.15) is 5.10 Å². The summed E-state index contributed by atoms with van der Waals surface area (Å²) in [4.78, 5) is 0. The highest BCUT2D eigenvalue weighted by molar-refractivity contribution is 6.30. The van der Waals surface area contributed by atoms with Crippen LogP contribution in [-0.4, -0.2) is 5.71 Å². The van der Waals surface area contributed by atoms with Crippen LogP contribution in [0.25, 0.3) is 0 Å². The average Bonchev–Trinajstić information content (AvgIpc) is 2.47. The first kappa shape index (κ1) is 12.2. The number of rotatable bonds is 2. The van der Waals surface area contributed by atoms with Crippen molar-refractivity contribution in [2.75, 3.05) is 5.43 Å². The smallest absolute Gasteiger partial charge is 0.0682 e. The van der Waals surface area contributed by atoms with Crippen molar-refractivity contribution in [2.24, 2.45) is 5.10 Å². The Morgan fingerprint density at radius 1 is 0.947 bits per heavy atom. The quantitative estimate of drug-likeness (QED) is 0.799. The van der Waals surface area contributed by atoms with Crippen LogP contribution >= 0.6 is 11.6 Å². The molecular weight excluding hydrogens is 256 g/mol. The summed E-state index contributed by atoms with van der Waals surface area (Å²) in [6, 6.07) is 16.1. The van der Waals surface area contributed by atoms with Gasteiger partial charge in [-0.3, -0.25) is 5.43 Å². The average molecular weight is 271 g/mol. The van der Waals surface area contributed by atoms with Crippen LogP contribution in [0, 0.1) is 0 Å². The number of halogens is 1. The Balaban J connectivity index is 1.83. The lowest BCUT2D eigenvalue weighted by Crippen LogP contribution is -2.13. The Morgan fingerprint density at radius 3 is 2.58 bits per heavy atom. The third-order valence-electron chi connectivity index (χ3n) is 3.35. The molecule has 2 nitrogen and oxygen atoms in total. The molecule has 0 aromatic heterocycles. The van der Waals surface area contributed by atoms with Gasteiger partial charge in [0.2, 0.25) is 0 Å². The number of hydrogen-bond acceptors (Lipinski definition) is 2. The van der Waals surface area contributed by atoms with Crippen molar-refractivity contribution in [3.8, 4) is 0 Å². The number of hydrogen-bond donors (Lipinski definition) is 1. The zero-order chi connectivity index (χ0) is 13.1. The van der Waals surface area contributed by atoms with Crippen LogP contribution in [0.4, 0.5) is 5.69 Å². The van der Waals surface area contributed by atoms with E-state index in [1.54, 1.807) is 0 Å². The summed E-state index contributed by atoms with van der Waals surface area (Å²) < 4.78 is 0. The fourth-order valence-corrected chi connectivity index (χ4v) is 2.50. The highest BCUT2D eigenvalue weighted by atomic mass is 35.5. The zero-order valence-electron chi connectivity index (χ0n) is 10.6. The van der Waals surface area contributed by atoms with Gasteiger partial charge in [0.1, 0.15) is 0 Å². The lowest BCUT2D eigenvalue weighted by molar-refractivity contribution is 0.837. The molecule has 3 rings (SSSR count). The summed E-state index contributed by atoms with van der Waals surface area (Å²) in [6.07, 6.45) is 3.34. The molecule has 0 heterocycles. The molecular formula is C16H15ClN2. The van der Waals surface area contributed by atoms with E-state index in [4.69, 9.17) is 11.6 Å². The van der Waals surface area contributed by atoms with Crippen molar-refractivity contribution in [3.63, 3.8) is 0 Å². The van der Waals surface area contributed by atoms with Crippen LogP contribution in [0.1, 0.15) is 24.0 Å². The molecule has 1 aliphatic rings. The predicted octanol–water partition coefficient (Wildman–Crippen LogP) is 4.49. The van der Waals surface area contributed by atoms with E-state index in [1.165, 1.54) is 11.1 Å². The standard InChI is InChI=1S/C16H15ClN2/c17-13-8-10-14(11-9-13)18-19-16-7-3-5-12-4-1-2-6-15(12)16/h1-2,4,6,8-11,18H,3,5,7H2/b19-16-. The van der Waals surface area contributed by atoms with Gasteiger partial charge in [-0.1, -0.05) is 35.9 Å². The van der Waals surface area contributed by atoms with E-state index in [2.05, 4.69) is 34.8 Å². The minimum atomic E-state index is 0.737. The molecule has 0 aliphatic heterocycles. The number of nitrogens with one attached hydrogen (secondary N) is 1. The number of benzene rings is 2. The second kappa shape index (κ2) is 5.45. The lowest BCUT2D eigenvalue weighted by Gasteiger charge is -2.17. The Hall–Kier alpha value is -1.80. The van der Waals surface area contributed by atoms with Gasteiger partial charge in [-0.15, -0.1) is 0 Å². The van der Waals surface area contributed by atoms with Crippen molar-refractivity contribution in [1.82, 2.24) is 0 Å². The van der Waals surface area contributed by atoms with E-state index < -0.39 is 0 Å². The van der Waals surface area contributed by atoms with Crippen LogP contribution in [0.15, 0.2) is 53.6 Å². The highest BCUT2D eigenvalue weighted by Gasteiger charge is 2.14. The Bertz CT molecular complexity index is 602. The summed E-state index contributed by atoms with van der Waals surface area (Å²) >= 11 is 5.86. The van der Waals surface area contributed by atoms with Crippen molar-refractivity contribution < 1.29 is 0 Å². The largest absolute Gasteiger partial charge is 0.278 e. The second-order valence-corrected chi connectivity index (χ2v) is 5.12. The van der Waals surface area contributed by atoms with Crippen LogP contribution in [0.3, 0.4) is 0 Å². The second-order valence-electron chi connectivity index (χ2n) is 4.69. The third kappa shape index (κ3) is 2.79.